The lowest BCUT2D eigenvalue weighted by molar-refractivity contribution is -0.137. The van der Waals surface area contributed by atoms with E-state index in [0.717, 1.165) is 22.0 Å². The van der Waals surface area contributed by atoms with Crippen molar-refractivity contribution in [3.05, 3.63) is 60.8 Å². The molecule has 34 heavy (non-hydrogen) atoms. The van der Waals surface area contributed by atoms with Crippen molar-refractivity contribution in [2.24, 2.45) is 0 Å². The number of urea groups is 1. The van der Waals surface area contributed by atoms with Gasteiger partial charge in [-0.1, -0.05) is 61.2 Å². The molecular formula is C24H25N5O4S. The number of methoxy groups -OCH3 is 1. The highest BCUT2D eigenvalue weighted by Gasteiger charge is 2.47. The van der Waals surface area contributed by atoms with Gasteiger partial charge >= 0.3 is 6.03 Å². The summed E-state index contributed by atoms with van der Waals surface area (Å²) in [4.78, 5) is 41.9. The fourth-order valence-electron chi connectivity index (χ4n) is 3.61. The Morgan fingerprint density at radius 3 is 2.53 bits per heavy atom. The molecule has 1 atom stereocenters. The fraction of sp³-hybridized carbons (Fsp3) is 0.250. The molecule has 176 valence electrons. The first-order valence-corrected chi connectivity index (χ1v) is 11.7. The van der Waals surface area contributed by atoms with Crippen LogP contribution in [0.1, 0.15) is 20.3 Å². The molecule has 0 aliphatic carbocycles. The van der Waals surface area contributed by atoms with Crippen molar-refractivity contribution in [2.45, 2.75) is 31.0 Å². The third kappa shape index (κ3) is 4.36. The van der Waals surface area contributed by atoms with Gasteiger partial charge in [-0.25, -0.2) is 9.78 Å². The zero-order valence-electron chi connectivity index (χ0n) is 19.1. The minimum Gasteiger partial charge on any atom is -0.495 e. The number of nitrogens with one attached hydrogen (secondary N) is 2. The number of carbonyl (C=O) groups is 3. The highest BCUT2D eigenvalue weighted by Crippen LogP contribution is 2.33. The number of aromatic nitrogens is 2. The molecule has 2 aromatic carbocycles. The number of amides is 4. The first-order valence-electron chi connectivity index (χ1n) is 10.7. The van der Waals surface area contributed by atoms with Gasteiger partial charge in [-0.05, 0) is 25.5 Å². The number of para-hydroxylation sites is 2. The Morgan fingerprint density at radius 1 is 1.15 bits per heavy atom. The van der Waals surface area contributed by atoms with E-state index in [2.05, 4.69) is 15.7 Å². The van der Waals surface area contributed by atoms with Gasteiger partial charge in [0.05, 0.1) is 30.4 Å². The Labute approximate surface area is 201 Å². The third-order valence-corrected chi connectivity index (χ3v) is 6.61. The number of hydrazine groups is 1. The van der Waals surface area contributed by atoms with Gasteiger partial charge in [-0.2, -0.15) is 5.01 Å². The van der Waals surface area contributed by atoms with Crippen molar-refractivity contribution >= 4 is 29.6 Å². The van der Waals surface area contributed by atoms with Crippen molar-refractivity contribution in [1.82, 2.24) is 25.3 Å². The van der Waals surface area contributed by atoms with Gasteiger partial charge in [0, 0.05) is 5.56 Å². The van der Waals surface area contributed by atoms with Crippen LogP contribution in [0.15, 0.2) is 66.0 Å². The van der Waals surface area contributed by atoms with Crippen LogP contribution in [0.25, 0.3) is 16.9 Å². The summed E-state index contributed by atoms with van der Waals surface area (Å²) < 4.78 is 7.48. The molecule has 0 saturated carbocycles. The number of imidazole rings is 1. The first kappa shape index (κ1) is 23.4. The Hall–Kier alpha value is -3.79. The van der Waals surface area contributed by atoms with E-state index in [4.69, 9.17) is 4.74 Å². The number of carbonyl (C=O) groups excluding carboxylic acids is 3. The lowest BCUT2D eigenvalue weighted by Crippen LogP contribution is -2.49. The summed E-state index contributed by atoms with van der Waals surface area (Å²) in [6.45, 7) is 3.42. The second kappa shape index (κ2) is 9.60. The molecule has 1 aliphatic heterocycles. The van der Waals surface area contributed by atoms with Gasteiger partial charge in [-0.15, -0.1) is 0 Å². The Kier molecular flexibility index (Phi) is 6.60. The lowest BCUT2D eigenvalue weighted by Gasteiger charge is -2.19. The summed E-state index contributed by atoms with van der Waals surface area (Å²) in [6, 6.07) is 16.7. The minimum absolute atomic E-state index is 0.0553. The Balaban J connectivity index is 1.58. The second-order valence-corrected chi connectivity index (χ2v) is 8.82. The number of hydrogen-bond acceptors (Lipinski definition) is 6. The summed E-state index contributed by atoms with van der Waals surface area (Å²) in [5.41, 5.74) is 3.95. The van der Waals surface area contributed by atoms with Crippen LogP contribution in [-0.4, -0.2) is 50.8 Å². The topological polar surface area (TPSA) is 106 Å². The van der Waals surface area contributed by atoms with Crippen LogP contribution in [0.2, 0.25) is 0 Å². The molecule has 9 nitrogen and oxygen atoms in total. The molecule has 1 saturated heterocycles. The first-order chi connectivity index (χ1) is 16.4. The van der Waals surface area contributed by atoms with Gasteiger partial charge in [0.25, 0.3) is 5.91 Å². The lowest BCUT2D eigenvalue weighted by atomic mass is 10.00. The van der Waals surface area contributed by atoms with Crippen LogP contribution in [-0.2, 0) is 9.59 Å². The molecule has 0 spiro atoms. The number of ether oxygens (including phenoxy) is 1. The summed E-state index contributed by atoms with van der Waals surface area (Å²) >= 11 is 1.19. The molecule has 3 aromatic rings. The van der Waals surface area contributed by atoms with Crippen LogP contribution < -0.4 is 15.5 Å². The van der Waals surface area contributed by atoms with Crippen molar-refractivity contribution < 1.29 is 19.1 Å². The Bertz CT molecular complexity index is 1230. The van der Waals surface area contributed by atoms with Crippen LogP contribution in [0.4, 0.5) is 4.79 Å². The van der Waals surface area contributed by atoms with E-state index in [0.29, 0.717) is 17.3 Å². The minimum atomic E-state index is -1.03. The predicted octanol–water partition coefficient (Wildman–Crippen LogP) is 3.39. The van der Waals surface area contributed by atoms with E-state index in [1.165, 1.54) is 11.8 Å². The number of nitrogens with zero attached hydrogens (tertiary/aromatic N) is 3. The summed E-state index contributed by atoms with van der Waals surface area (Å²) in [7, 11) is 1.60. The van der Waals surface area contributed by atoms with E-state index in [1.54, 1.807) is 27.2 Å². The maximum atomic E-state index is 12.6. The SMILES string of the molecule is CC[C@]1(C)NC(=O)N(NC(=O)CSc2ncc(-c3ccccc3)n2-c2ccccc2OC)C1=O. The largest absolute Gasteiger partial charge is 0.495 e. The smallest absolute Gasteiger partial charge is 0.344 e. The van der Waals surface area contributed by atoms with Crippen molar-refractivity contribution in [2.75, 3.05) is 12.9 Å². The second-order valence-electron chi connectivity index (χ2n) is 7.88. The normalized spacial score (nSPS) is 17.6. The quantitative estimate of drug-likeness (QED) is 0.379. The van der Waals surface area contributed by atoms with Crippen LogP contribution in [0.3, 0.4) is 0 Å². The number of hydrogen-bond donors (Lipinski definition) is 2. The average molecular weight is 480 g/mol. The van der Waals surface area contributed by atoms with Crippen molar-refractivity contribution in [1.29, 1.82) is 0 Å². The number of benzene rings is 2. The van der Waals surface area contributed by atoms with E-state index < -0.39 is 23.4 Å². The van der Waals surface area contributed by atoms with Gasteiger partial charge in [0.15, 0.2) is 5.16 Å². The number of rotatable bonds is 8. The zero-order valence-corrected chi connectivity index (χ0v) is 19.9. The van der Waals surface area contributed by atoms with Crippen molar-refractivity contribution in [3.8, 4) is 22.7 Å². The molecule has 0 bridgehead atoms. The molecule has 4 rings (SSSR count). The average Bonchev–Trinajstić information content (AvgIpc) is 3.37. The molecule has 4 amide bonds. The monoisotopic (exact) mass is 479 g/mol. The maximum absolute atomic E-state index is 12.6. The summed E-state index contributed by atoms with van der Waals surface area (Å²) in [5, 5.41) is 3.92. The highest BCUT2D eigenvalue weighted by atomic mass is 32.2. The molecule has 0 radical (unpaired) electrons. The highest BCUT2D eigenvalue weighted by molar-refractivity contribution is 7.99. The number of imide groups is 1. The molecule has 1 aromatic heterocycles. The van der Waals surface area contributed by atoms with E-state index >= 15 is 0 Å². The number of thioether (sulfide) groups is 1. The van der Waals surface area contributed by atoms with E-state index in [-0.39, 0.29) is 5.75 Å². The Morgan fingerprint density at radius 2 is 1.85 bits per heavy atom. The molecule has 0 unspecified atom stereocenters. The molecule has 1 aliphatic rings. The van der Waals surface area contributed by atoms with Gasteiger partial charge in [0.1, 0.15) is 11.3 Å². The van der Waals surface area contributed by atoms with Crippen molar-refractivity contribution in [3.63, 3.8) is 0 Å². The predicted molar refractivity (Wildman–Crippen MR) is 128 cm³/mol. The fourth-order valence-corrected chi connectivity index (χ4v) is 4.39. The standard InChI is InChI=1S/C24H25N5O4S/c1-4-24(2)21(31)29(22(32)26-24)27-20(30)15-34-23-25-14-18(16-10-6-5-7-11-16)28(23)17-12-8-9-13-19(17)33-3/h5-14H,4,15H2,1-3H3,(H,26,32)(H,27,30)/t24-/m0/s1. The molecule has 2 heterocycles. The van der Waals surface area contributed by atoms with E-state index in [1.807, 2.05) is 59.2 Å². The molecule has 2 N–H and O–H groups in total. The summed E-state index contributed by atoms with van der Waals surface area (Å²) in [5.74, 6) is -0.382. The third-order valence-electron chi connectivity index (χ3n) is 5.66. The molecular weight excluding hydrogens is 454 g/mol. The summed E-state index contributed by atoms with van der Waals surface area (Å²) in [6.07, 6.45) is 2.16. The maximum Gasteiger partial charge on any atom is 0.344 e. The zero-order chi connectivity index (χ0) is 24.3. The van der Waals surface area contributed by atoms with Gasteiger partial charge in [-0.3, -0.25) is 19.6 Å². The van der Waals surface area contributed by atoms with Gasteiger partial charge in [0.2, 0.25) is 5.91 Å². The van der Waals surface area contributed by atoms with E-state index in [9.17, 15) is 14.4 Å². The van der Waals surface area contributed by atoms with Crippen LogP contribution in [0.5, 0.6) is 5.75 Å². The van der Waals surface area contributed by atoms with Crippen LogP contribution in [0, 0.1) is 0 Å². The van der Waals surface area contributed by atoms with Crippen LogP contribution >= 0.6 is 11.8 Å². The molecule has 1 fully saturated rings. The van der Waals surface area contributed by atoms with Gasteiger partial charge < -0.3 is 10.1 Å². The molecule has 10 heteroatoms.